The van der Waals surface area contributed by atoms with Crippen molar-refractivity contribution in [1.82, 2.24) is 15.3 Å². The minimum atomic E-state index is -1.07. The Hall–Kier alpha value is -2.49. The Morgan fingerprint density at radius 1 is 1.18 bits per heavy atom. The van der Waals surface area contributed by atoms with Gasteiger partial charge in [0.1, 0.15) is 17.4 Å². The van der Waals surface area contributed by atoms with Gasteiger partial charge in [-0.2, -0.15) is 0 Å². The van der Waals surface area contributed by atoms with E-state index in [1.54, 1.807) is 50.1 Å². The molecule has 2 heterocycles. The molecular formula is C24H35N3O6. The molecule has 2 aliphatic rings. The van der Waals surface area contributed by atoms with E-state index in [9.17, 15) is 19.5 Å². The van der Waals surface area contributed by atoms with Gasteiger partial charge in [0, 0.05) is 25.7 Å². The van der Waals surface area contributed by atoms with Crippen LogP contribution in [0.2, 0.25) is 0 Å². The van der Waals surface area contributed by atoms with Crippen molar-refractivity contribution < 1.29 is 29.1 Å². The molecule has 182 valence electrons. The molecule has 0 spiro atoms. The van der Waals surface area contributed by atoms with Gasteiger partial charge in [-0.15, -0.1) is 5.06 Å². The summed E-state index contributed by atoms with van der Waals surface area (Å²) in [6.07, 6.45) is 1.77. The van der Waals surface area contributed by atoms with Crippen LogP contribution in [0.5, 0.6) is 0 Å². The molecule has 1 amide bonds. The van der Waals surface area contributed by atoms with Gasteiger partial charge in [0.25, 0.3) is 0 Å². The van der Waals surface area contributed by atoms with Gasteiger partial charge in [-0.25, -0.2) is 9.59 Å². The summed E-state index contributed by atoms with van der Waals surface area (Å²) < 4.78 is 5.50. The van der Waals surface area contributed by atoms with E-state index in [4.69, 9.17) is 9.57 Å². The summed E-state index contributed by atoms with van der Waals surface area (Å²) >= 11 is 0. The van der Waals surface area contributed by atoms with Crippen LogP contribution in [0.1, 0.15) is 56.8 Å². The van der Waals surface area contributed by atoms with Crippen LogP contribution >= 0.6 is 0 Å². The lowest BCUT2D eigenvalue weighted by molar-refractivity contribution is -0.127. The molecule has 2 atom stereocenters. The number of benzene rings is 1. The van der Waals surface area contributed by atoms with Crippen LogP contribution < -0.4 is 5.32 Å². The van der Waals surface area contributed by atoms with Crippen LogP contribution in [0.25, 0.3) is 0 Å². The molecule has 1 aromatic rings. The van der Waals surface area contributed by atoms with Gasteiger partial charge in [0.05, 0.1) is 18.2 Å². The molecule has 0 bridgehead atoms. The number of ether oxygens (including phenoxy) is 1. The molecule has 2 N–H and O–H groups in total. The lowest BCUT2D eigenvalue weighted by Gasteiger charge is -2.46. The highest BCUT2D eigenvalue weighted by molar-refractivity contribution is 5.89. The number of hydrogen-bond donors (Lipinski definition) is 2. The first kappa shape index (κ1) is 25.1. The maximum Gasteiger partial charge on any atom is 0.411 e. The number of nitrogens with one attached hydrogen (secondary N) is 1. The van der Waals surface area contributed by atoms with E-state index in [0.29, 0.717) is 31.5 Å². The maximum atomic E-state index is 12.8. The van der Waals surface area contributed by atoms with Gasteiger partial charge >= 0.3 is 12.1 Å². The third-order valence-corrected chi connectivity index (χ3v) is 6.05. The number of piperidine rings is 2. The topological polar surface area (TPSA) is 108 Å². The van der Waals surface area contributed by atoms with Crippen LogP contribution in [-0.4, -0.2) is 82.9 Å². The van der Waals surface area contributed by atoms with Gasteiger partial charge in [-0.05, 0) is 58.6 Å². The molecule has 1 unspecified atom stereocenters. The van der Waals surface area contributed by atoms with E-state index in [-0.39, 0.29) is 25.1 Å². The van der Waals surface area contributed by atoms with Crippen molar-refractivity contribution in [1.29, 1.82) is 0 Å². The first-order valence-electron chi connectivity index (χ1n) is 11.5. The molecule has 0 saturated carbocycles. The summed E-state index contributed by atoms with van der Waals surface area (Å²) in [4.78, 5) is 44.1. The minimum Gasteiger partial charge on any atom is -0.444 e. The number of aliphatic hydroxyl groups excluding tert-OH is 1. The van der Waals surface area contributed by atoms with Gasteiger partial charge in [-0.1, -0.05) is 18.2 Å². The number of carbonyl (C=O) groups excluding carboxylic acids is 3. The molecule has 0 aliphatic carbocycles. The average Bonchev–Trinajstić information content (AvgIpc) is 2.79. The van der Waals surface area contributed by atoms with Crippen molar-refractivity contribution in [2.45, 2.75) is 69.7 Å². The van der Waals surface area contributed by atoms with Crippen LogP contribution in [-0.2, 0) is 14.4 Å². The van der Waals surface area contributed by atoms with E-state index in [2.05, 4.69) is 5.32 Å². The van der Waals surface area contributed by atoms with E-state index in [1.807, 2.05) is 6.07 Å². The summed E-state index contributed by atoms with van der Waals surface area (Å²) in [6.45, 7) is 6.78. The van der Waals surface area contributed by atoms with Crippen molar-refractivity contribution in [3.05, 3.63) is 35.9 Å². The Kier molecular flexibility index (Phi) is 8.10. The van der Waals surface area contributed by atoms with E-state index >= 15 is 0 Å². The third kappa shape index (κ3) is 6.75. The van der Waals surface area contributed by atoms with Crippen molar-refractivity contribution in [3.8, 4) is 0 Å². The quantitative estimate of drug-likeness (QED) is 0.621. The molecule has 1 aromatic carbocycles. The van der Waals surface area contributed by atoms with E-state index in [0.717, 1.165) is 19.1 Å². The normalized spacial score (nSPS) is 24.8. The summed E-state index contributed by atoms with van der Waals surface area (Å²) in [6, 6.07) is 8.97. The summed E-state index contributed by atoms with van der Waals surface area (Å²) in [5.74, 6) is -0.379. The summed E-state index contributed by atoms with van der Waals surface area (Å²) in [5.41, 5.74) is -1.27. The predicted molar refractivity (Wildman–Crippen MR) is 121 cm³/mol. The number of carbonyl (C=O) groups is 3. The van der Waals surface area contributed by atoms with Crippen LogP contribution in [0.3, 0.4) is 0 Å². The van der Waals surface area contributed by atoms with Crippen molar-refractivity contribution in [3.63, 3.8) is 0 Å². The smallest absolute Gasteiger partial charge is 0.411 e. The molecular weight excluding hydrogens is 426 g/mol. The molecule has 0 aromatic heterocycles. The lowest BCUT2D eigenvalue weighted by Crippen LogP contribution is -2.64. The Labute approximate surface area is 195 Å². The molecule has 0 radical (unpaired) electrons. The fraction of sp³-hybridized carbons (Fsp3) is 0.625. The maximum absolute atomic E-state index is 12.8. The number of aliphatic hydroxyl groups is 1. The lowest BCUT2D eigenvalue weighted by atomic mass is 9.86. The number of likely N-dealkylation sites (tertiary alicyclic amines) is 1. The number of amides is 1. The SMILES string of the molecule is CC(C)(C)OC(=O)N1C[C@@H](O)CCC1(C=O)CNC1CCN(OC(=O)c2ccccc2)CC1. The number of hydroxylamine groups is 2. The van der Waals surface area contributed by atoms with Gasteiger partial charge in [0.2, 0.25) is 0 Å². The van der Waals surface area contributed by atoms with Crippen LogP contribution in [0.15, 0.2) is 30.3 Å². The fourth-order valence-electron chi connectivity index (χ4n) is 4.17. The zero-order chi connectivity index (χ0) is 24.1. The fourth-order valence-corrected chi connectivity index (χ4v) is 4.17. The second-order valence-corrected chi connectivity index (χ2v) is 9.83. The molecule has 9 nitrogen and oxygen atoms in total. The van der Waals surface area contributed by atoms with Crippen molar-refractivity contribution in [2.24, 2.45) is 0 Å². The Morgan fingerprint density at radius 2 is 1.85 bits per heavy atom. The molecule has 3 rings (SSSR count). The standard InChI is InChI=1S/C24H35N3O6/c1-23(2,3)32-22(31)27-15-20(29)9-12-24(27,17-28)16-25-19-10-13-26(14-11-19)33-21(30)18-7-5-4-6-8-18/h4-8,17,19-20,25,29H,9-16H2,1-3H3/t20-,24?/m0/s1. The van der Waals surface area contributed by atoms with Gasteiger partial charge in [-0.3, -0.25) is 4.90 Å². The Morgan fingerprint density at radius 3 is 2.45 bits per heavy atom. The average molecular weight is 462 g/mol. The first-order valence-corrected chi connectivity index (χ1v) is 11.5. The second-order valence-electron chi connectivity index (χ2n) is 9.83. The van der Waals surface area contributed by atoms with Crippen LogP contribution in [0.4, 0.5) is 4.79 Å². The summed E-state index contributed by atoms with van der Waals surface area (Å²) in [5, 5.41) is 15.2. The van der Waals surface area contributed by atoms with Gasteiger partial charge < -0.3 is 24.8 Å². The predicted octanol–water partition coefficient (Wildman–Crippen LogP) is 2.14. The molecule has 2 aliphatic heterocycles. The highest BCUT2D eigenvalue weighted by atomic mass is 16.7. The zero-order valence-electron chi connectivity index (χ0n) is 19.7. The second kappa shape index (κ2) is 10.6. The number of aldehydes is 1. The molecule has 2 fully saturated rings. The number of rotatable bonds is 6. The molecule has 9 heteroatoms. The Bertz CT molecular complexity index is 819. The first-order chi connectivity index (χ1) is 15.6. The molecule has 2 saturated heterocycles. The minimum absolute atomic E-state index is 0.0587. The van der Waals surface area contributed by atoms with Gasteiger partial charge in [0.15, 0.2) is 0 Å². The molecule has 33 heavy (non-hydrogen) atoms. The van der Waals surface area contributed by atoms with Crippen molar-refractivity contribution in [2.75, 3.05) is 26.2 Å². The Balaban J connectivity index is 1.54. The zero-order valence-corrected chi connectivity index (χ0v) is 19.7. The van der Waals surface area contributed by atoms with Crippen molar-refractivity contribution >= 4 is 18.3 Å². The number of hydrogen-bond acceptors (Lipinski definition) is 8. The highest BCUT2D eigenvalue weighted by Crippen LogP contribution is 2.29. The third-order valence-electron chi connectivity index (χ3n) is 6.05. The van der Waals surface area contributed by atoms with E-state index < -0.39 is 23.3 Å². The monoisotopic (exact) mass is 461 g/mol. The number of β-amino-alcohol motifs (C(OH)–C–C–N with tert-alkyl or cyclic N) is 1. The largest absolute Gasteiger partial charge is 0.444 e. The summed E-state index contributed by atoms with van der Waals surface area (Å²) in [7, 11) is 0. The highest BCUT2D eigenvalue weighted by Gasteiger charge is 2.46. The number of nitrogens with zero attached hydrogens (tertiary/aromatic N) is 2. The van der Waals surface area contributed by atoms with Crippen LogP contribution in [0, 0.1) is 0 Å². The van der Waals surface area contributed by atoms with E-state index in [1.165, 1.54) is 4.90 Å².